The molecule has 2 heterocycles. The van der Waals surface area contributed by atoms with E-state index in [4.69, 9.17) is 5.26 Å². The summed E-state index contributed by atoms with van der Waals surface area (Å²) >= 11 is 0. The minimum atomic E-state index is -0.118. The number of hydrogen-bond acceptors (Lipinski definition) is 6. The van der Waals surface area contributed by atoms with Gasteiger partial charge in [-0.05, 0) is 44.4 Å². The van der Waals surface area contributed by atoms with Crippen LogP contribution in [-0.2, 0) is 0 Å². The Morgan fingerprint density at radius 1 is 1.31 bits per heavy atom. The van der Waals surface area contributed by atoms with Gasteiger partial charge in [0.15, 0.2) is 0 Å². The van der Waals surface area contributed by atoms with E-state index in [0.29, 0.717) is 23.6 Å². The second kappa shape index (κ2) is 7.93. The van der Waals surface area contributed by atoms with Crippen molar-refractivity contribution < 1.29 is 4.79 Å². The van der Waals surface area contributed by atoms with Gasteiger partial charge in [-0.25, -0.2) is 9.97 Å². The van der Waals surface area contributed by atoms with Crippen LogP contribution in [0.3, 0.4) is 0 Å². The number of amides is 1. The molecule has 1 aliphatic rings. The Morgan fingerprint density at radius 3 is 2.69 bits per heavy atom. The number of benzene rings is 1. The van der Waals surface area contributed by atoms with E-state index in [2.05, 4.69) is 31.2 Å². The standard InChI is InChI=1S/C19H22N6O/c1-24(2)10-16-11-25(18-7-8-21-13-22-18)12-17(16)23-19(26)15-5-3-14(9-20)4-6-15/h3-8,13,16-17H,10-12H2,1-2H3,(H,23,26)/t16-,17-/m1/s1. The number of carbonyl (C=O) groups excluding carboxylic acids is 1. The fraction of sp³-hybridized carbons (Fsp3) is 0.368. The molecule has 1 amide bonds. The molecule has 1 fully saturated rings. The first-order chi connectivity index (χ1) is 12.6. The predicted octanol–water partition coefficient (Wildman–Crippen LogP) is 1.14. The van der Waals surface area contributed by atoms with E-state index in [1.807, 2.05) is 20.2 Å². The van der Waals surface area contributed by atoms with Gasteiger partial charge in [0.1, 0.15) is 12.1 Å². The number of rotatable bonds is 5. The van der Waals surface area contributed by atoms with E-state index in [0.717, 1.165) is 18.9 Å². The second-order valence-corrected chi connectivity index (χ2v) is 6.76. The van der Waals surface area contributed by atoms with Gasteiger partial charge in [-0.1, -0.05) is 0 Å². The maximum absolute atomic E-state index is 12.6. The third-order valence-electron chi connectivity index (χ3n) is 4.52. The lowest BCUT2D eigenvalue weighted by Gasteiger charge is -2.22. The van der Waals surface area contributed by atoms with Gasteiger partial charge in [-0.15, -0.1) is 0 Å². The Morgan fingerprint density at radius 2 is 2.08 bits per heavy atom. The molecule has 1 aliphatic heterocycles. The molecular formula is C19H22N6O. The molecule has 0 aliphatic carbocycles. The first-order valence-electron chi connectivity index (χ1n) is 8.53. The largest absolute Gasteiger partial charge is 0.354 e. The maximum Gasteiger partial charge on any atom is 0.251 e. The molecule has 3 rings (SSSR count). The SMILES string of the molecule is CN(C)C[C@@H]1CN(c2ccncn2)C[C@H]1NC(=O)c1ccc(C#N)cc1. The van der Waals surface area contributed by atoms with Gasteiger partial charge in [0, 0.05) is 37.3 Å². The van der Waals surface area contributed by atoms with Crippen LogP contribution in [0.4, 0.5) is 5.82 Å². The number of hydrogen-bond donors (Lipinski definition) is 1. The van der Waals surface area contributed by atoms with Crippen molar-refractivity contribution in [1.82, 2.24) is 20.2 Å². The fourth-order valence-corrected chi connectivity index (χ4v) is 3.29. The van der Waals surface area contributed by atoms with Crippen LogP contribution >= 0.6 is 0 Å². The van der Waals surface area contributed by atoms with Gasteiger partial charge in [-0.3, -0.25) is 4.79 Å². The number of nitrogens with zero attached hydrogens (tertiary/aromatic N) is 5. The van der Waals surface area contributed by atoms with Crippen molar-refractivity contribution in [2.45, 2.75) is 6.04 Å². The van der Waals surface area contributed by atoms with Crippen molar-refractivity contribution >= 4 is 11.7 Å². The molecule has 2 aromatic rings. The summed E-state index contributed by atoms with van der Waals surface area (Å²) in [6, 6.07) is 10.7. The van der Waals surface area contributed by atoms with Crippen molar-refractivity contribution in [3.8, 4) is 6.07 Å². The zero-order valence-corrected chi connectivity index (χ0v) is 15.0. The predicted molar refractivity (Wildman–Crippen MR) is 98.7 cm³/mol. The Kier molecular flexibility index (Phi) is 5.44. The smallest absolute Gasteiger partial charge is 0.251 e. The number of anilines is 1. The van der Waals surface area contributed by atoms with Gasteiger partial charge in [0.2, 0.25) is 0 Å². The fourth-order valence-electron chi connectivity index (χ4n) is 3.29. The van der Waals surface area contributed by atoms with Gasteiger partial charge in [0.25, 0.3) is 5.91 Å². The molecule has 0 saturated carbocycles. The third kappa shape index (κ3) is 4.16. The average Bonchev–Trinajstić information content (AvgIpc) is 3.04. The van der Waals surface area contributed by atoms with E-state index < -0.39 is 0 Å². The van der Waals surface area contributed by atoms with Gasteiger partial charge in [0.05, 0.1) is 17.7 Å². The zero-order chi connectivity index (χ0) is 18.5. The Labute approximate surface area is 153 Å². The first-order valence-corrected chi connectivity index (χ1v) is 8.53. The molecule has 134 valence electrons. The van der Waals surface area contributed by atoms with Crippen molar-refractivity contribution in [2.75, 3.05) is 38.6 Å². The van der Waals surface area contributed by atoms with Crippen LogP contribution in [0.5, 0.6) is 0 Å². The number of nitrogens with one attached hydrogen (secondary N) is 1. The molecule has 2 atom stereocenters. The summed E-state index contributed by atoms with van der Waals surface area (Å²) in [7, 11) is 4.07. The van der Waals surface area contributed by atoms with E-state index >= 15 is 0 Å². The summed E-state index contributed by atoms with van der Waals surface area (Å²) < 4.78 is 0. The number of nitriles is 1. The summed E-state index contributed by atoms with van der Waals surface area (Å²) in [5, 5.41) is 12.0. The van der Waals surface area contributed by atoms with Crippen molar-refractivity contribution in [3.05, 3.63) is 54.0 Å². The molecule has 1 aromatic heterocycles. The molecule has 1 N–H and O–H groups in total. The molecule has 0 unspecified atom stereocenters. The Bertz CT molecular complexity index is 784. The van der Waals surface area contributed by atoms with Crippen LogP contribution < -0.4 is 10.2 Å². The number of carbonyl (C=O) groups is 1. The molecular weight excluding hydrogens is 328 g/mol. The van der Waals surface area contributed by atoms with E-state index in [1.165, 1.54) is 0 Å². The number of aromatic nitrogens is 2. The molecule has 0 radical (unpaired) electrons. The summed E-state index contributed by atoms with van der Waals surface area (Å²) in [5.74, 6) is 1.05. The Hall–Kier alpha value is -2.98. The highest BCUT2D eigenvalue weighted by molar-refractivity contribution is 5.94. The summed E-state index contributed by atoms with van der Waals surface area (Å²) in [4.78, 5) is 25.2. The highest BCUT2D eigenvalue weighted by Crippen LogP contribution is 2.23. The van der Waals surface area contributed by atoms with Crippen molar-refractivity contribution in [1.29, 1.82) is 5.26 Å². The first kappa shape index (κ1) is 17.8. The topological polar surface area (TPSA) is 85.2 Å². The summed E-state index contributed by atoms with van der Waals surface area (Å²) in [6.45, 7) is 2.41. The molecule has 26 heavy (non-hydrogen) atoms. The van der Waals surface area contributed by atoms with Crippen molar-refractivity contribution in [2.24, 2.45) is 5.92 Å². The van der Waals surface area contributed by atoms with E-state index in [9.17, 15) is 4.79 Å². The normalized spacial score (nSPS) is 19.4. The van der Waals surface area contributed by atoms with Gasteiger partial charge >= 0.3 is 0 Å². The second-order valence-electron chi connectivity index (χ2n) is 6.76. The minimum absolute atomic E-state index is 0.0236. The van der Waals surface area contributed by atoms with Crippen molar-refractivity contribution in [3.63, 3.8) is 0 Å². The van der Waals surface area contributed by atoms with E-state index in [1.54, 1.807) is 36.8 Å². The molecule has 0 spiro atoms. The third-order valence-corrected chi connectivity index (χ3v) is 4.52. The molecule has 0 bridgehead atoms. The zero-order valence-electron chi connectivity index (χ0n) is 15.0. The van der Waals surface area contributed by atoms with Crippen LogP contribution in [0, 0.1) is 17.2 Å². The quantitative estimate of drug-likeness (QED) is 0.871. The average molecular weight is 350 g/mol. The molecule has 1 saturated heterocycles. The van der Waals surface area contributed by atoms with Crippen LogP contribution in [0.25, 0.3) is 0 Å². The lowest BCUT2D eigenvalue weighted by atomic mass is 10.0. The highest BCUT2D eigenvalue weighted by atomic mass is 16.1. The molecule has 7 nitrogen and oxygen atoms in total. The minimum Gasteiger partial charge on any atom is -0.354 e. The summed E-state index contributed by atoms with van der Waals surface area (Å²) in [5.41, 5.74) is 1.11. The van der Waals surface area contributed by atoms with Crippen LogP contribution in [0.15, 0.2) is 42.9 Å². The summed E-state index contributed by atoms with van der Waals surface area (Å²) in [6.07, 6.45) is 3.27. The lowest BCUT2D eigenvalue weighted by Crippen LogP contribution is -2.43. The maximum atomic E-state index is 12.6. The van der Waals surface area contributed by atoms with Crippen LogP contribution in [0.1, 0.15) is 15.9 Å². The molecule has 7 heteroatoms. The van der Waals surface area contributed by atoms with E-state index in [-0.39, 0.29) is 11.9 Å². The monoisotopic (exact) mass is 350 g/mol. The Balaban J connectivity index is 1.72. The van der Waals surface area contributed by atoms with Gasteiger partial charge < -0.3 is 15.1 Å². The van der Waals surface area contributed by atoms with Crippen LogP contribution in [0.2, 0.25) is 0 Å². The lowest BCUT2D eigenvalue weighted by molar-refractivity contribution is 0.0928. The highest BCUT2D eigenvalue weighted by Gasteiger charge is 2.34. The molecule has 1 aromatic carbocycles. The van der Waals surface area contributed by atoms with Crippen LogP contribution in [-0.4, -0.2) is 60.5 Å². The van der Waals surface area contributed by atoms with Gasteiger partial charge in [-0.2, -0.15) is 5.26 Å².